The summed E-state index contributed by atoms with van der Waals surface area (Å²) in [5.41, 5.74) is 1.64. The van der Waals surface area contributed by atoms with Gasteiger partial charge in [-0.05, 0) is 6.07 Å². The fourth-order valence-electron chi connectivity index (χ4n) is 1.99. The zero-order valence-electron chi connectivity index (χ0n) is 9.97. The molecule has 1 saturated heterocycles. The molecule has 1 aliphatic heterocycles. The lowest BCUT2D eigenvalue weighted by Crippen LogP contribution is -2.42. The van der Waals surface area contributed by atoms with Crippen molar-refractivity contribution in [1.82, 2.24) is 20.3 Å². The molecule has 0 aliphatic carbocycles. The van der Waals surface area contributed by atoms with Gasteiger partial charge < -0.3 is 15.4 Å². The highest BCUT2D eigenvalue weighted by Crippen LogP contribution is 2.15. The van der Waals surface area contributed by atoms with E-state index in [2.05, 4.69) is 25.6 Å². The van der Waals surface area contributed by atoms with Gasteiger partial charge in [-0.3, -0.25) is 4.98 Å². The van der Waals surface area contributed by atoms with Crippen LogP contribution in [0.4, 0.5) is 5.82 Å². The van der Waals surface area contributed by atoms with E-state index < -0.39 is 0 Å². The van der Waals surface area contributed by atoms with Gasteiger partial charge in [0.05, 0.1) is 18.2 Å². The number of ether oxygens (including phenoxy) is 1. The minimum absolute atomic E-state index is 0.174. The van der Waals surface area contributed by atoms with Crippen molar-refractivity contribution in [2.75, 3.05) is 31.6 Å². The highest BCUT2D eigenvalue weighted by Gasteiger charge is 2.13. The molecule has 3 heterocycles. The molecule has 0 aromatic carbocycles. The maximum atomic E-state index is 5.62. The number of rotatable bonds is 3. The predicted molar refractivity (Wildman–Crippen MR) is 68.4 cm³/mol. The van der Waals surface area contributed by atoms with Crippen molar-refractivity contribution in [3.63, 3.8) is 0 Å². The molecule has 0 bridgehead atoms. The lowest BCUT2D eigenvalue weighted by molar-refractivity contribution is 0.0372. The summed E-state index contributed by atoms with van der Waals surface area (Å²) in [6.45, 7) is 3.27. The molecule has 1 atom stereocenters. The summed E-state index contributed by atoms with van der Waals surface area (Å²) < 4.78 is 5.62. The summed E-state index contributed by atoms with van der Waals surface area (Å²) in [5, 5.41) is 6.57. The Bertz CT molecular complexity index is 521. The molecule has 3 rings (SSSR count). The Morgan fingerprint density at radius 2 is 2.22 bits per heavy atom. The standard InChI is InChI=1S/C12H15N5O/c1-2-16-12(11-10(1)14-3-4-15-11)17-8-9-7-13-5-6-18-9/h1-4,9,13H,5-8H2,(H,16,17). The topological polar surface area (TPSA) is 72.0 Å². The third-order valence-electron chi connectivity index (χ3n) is 2.89. The van der Waals surface area contributed by atoms with E-state index in [1.165, 1.54) is 0 Å². The van der Waals surface area contributed by atoms with E-state index in [4.69, 9.17) is 4.74 Å². The number of anilines is 1. The fraction of sp³-hybridized carbons (Fsp3) is 0.417. The third-order valence-corrected chi connectivity index (χ3v) is 2.89. The fourth-order valence-corrected chi connectivity index (χ4v) is 1.99. The average Bonchev–Trinajstić information content (AvgIpc) is 2.46. The second-order valence-corrected chi connectivity index (χ2v) is 4.16. The summed E-state index contributed by atoms with van der Waals surface area (Å²) in [7, 11) is 0. The number of nitrogens with zero attached hydrogens (tertiary/aromatic N) is 3. The van der Waals surface area contributed by atoms with Crippen LogP contribution in [-0.2, 0) is 4.74 Å². The van der Waals surface area contributed by atoms with Crippen molar-refractivity contribution in [2.24, 2.45) is 0 Å². The van der Waals surface area contributed by atoms with Crippen molar-refractivity contribution in [3.8, 4) is 0 Å². The van der Waals surface area contributed by atoms with Gasteiger partial charge in [0, 0.05) is 38.2 Å². The number of hydrogen-bond donors (Lipinski definition) is 2. The van der Waals surface area contributed by atoms with Gasteiger partial charge >= 0.3 is 0 Å². The first-order valence-electron chi connectivity index (χ1n) is 6.05. The van der Waals surface area contributed by atoms with Crippen LogP contribution in [0.15, 0.2) is 24.7 Å². The van der Waals surface area contributed by atoms with Crippen LogP contribution in [-0.4, -0.2) is 47.3 Å². The maximum absolute atomic E-state index is 5.62. The van der Waals surface area contributed by atoms with Crippen LogP contribution >= 0.6 is 0 Å². The third kappa shape index (κ3) is 2.39. The number of pyridine rings is 1. The van der Waals surface area contributed by atoms with Crippen molar-refractivity contribution >= 4 is 16.9 Å². The summed E-state index contributed by atoms with van der Waals surface area (Å²) in [5.74, 6) is 0.759. The monoisotopic (exact) mass is 245 g/mol. The SMILES string of the molecule is c1cc2nccnc2c(NCC2CNCCO2)n1. The van der Waals surface area contributed by atoms with Crippen LogP contribution < -0.4 is 10.6 Å². The molecule has 6 nitrogen and oxygen atoms in total. The second-order valence-electron chi connectivity index (χ2n) is 4.16. The minimum atomic E-state index is 0.174. The van der Waals surface area contributed by atoms with Crippen LogP contribution in [0.1, 0.15) is 0 Å². The first-order valence-corrected chi connectivity index (χ1v) is 6.05. The number of morpholine rings is 1. The van der Waals surface area contributed by atoms with Gasteiger partial charge in [-0.1, -0.05) is 0 Å². The molecule has 94 valence electrons. The van der Waals surface area contributed by atoms with Gasteiger partial charge in [0.2, 0.25) is 0 Å². The van der Waals surface area contributed by atoms with E-state index in [1.54, 1.807) is 18.6 Å². The van der Waals surface area contributed by atoms with E-state index in [-0.39, 0.29) is 6.10 Å². The van der Waals surface area contributed by atoms with Crippen LogP contribution in [0.3, 0.4) is 0 Å². The Morgan fingerprint density at radius 3 is 3.11 bits per heavy atom. The van der Waals surface area contributed by atoms with Crippen LogP contribution in [0.25, 0.3) is 11.0 Å². The van der Waals surface area contributed by atoms with Gasteiger partial charge in [0.25, 0.3) is 0 Å². The minimum Gasteiger partial charge on any atom is -0.374 e. The summed E-state index contributed by atoms with van der Waals surface area (Å²) in [4.78, 5) is 12.9. The van der Waals surface area contributed by atoms with E-state index in [1.807, 2.05) is 6.07 Å². The van der Waals surface area contributed by atoms with Gasteiger partial charge in [0.1, 0.15) is 5.52 Å². The Hall–Kier alpha value is -1.79. The largest absolute Gasteiger partial charge is 0.374 e. The van der Waals surface area contributed by atoms with E-state index in [0.29, 0.717) is 0 Å². The van der Waals surface area contributed by atoms with Crippen molar-refractivity contribution in [3.05, 3.63) is 24.7 Å². The number of fused-ring (bicyclic) bond motifs is 1. The molecule has 6 heteroatoms. The Kier molecular flexibility index (Phi) is 3.29. The summed E-state index contributed by atoms with van der Waals surface area (Å²) in [6.07, 6.45) is 5.26. The molecule has 18 heavy (non-hydrogen) atoms. The number of aromatic nitrogens is 3. The van der Waals surface area contributed by atoms with E-state index >= 15 is 0 Å². The smallest absolute Gasteiger partial charge is 0.154 e. The molecule has 0 amide bonds. The zero-order chi connectivity index (χ0) is 12.2. The van der Waals surface area contributed by atoms with E-state index in [0.717, 1.165) is 43.1 Å². The Balaban J connectivity index is 1.74. The van der Waals surface area contributed by atoms with E-state index in [9.17, 15) is 0 Å². The van der Waals surface area contributed by atoms with Crippen molar-refractivity contribution in [1.29, 1.82) is 0 Å². The van der Waals surface area contributed by atoms with Crippen molar-refractivity contribution < 1.29 is 4.74 Å². The first kappa shape index (κ1) is 11.3. The maximum Gasteiger partial charge on any atom is 0.154 e. The molecule has 1 unspecified atom stereocenters. The van der Waals surface area contributed by atoms with Gasteiger partial charge in [-0.15, -0.1) is 0 Å². The zero-order valence-corrected chi connectivity index (χ0v) is 9.97. The quantitative estimate of drug-likeness (QED) is 0.817. The van der Waals surface area contributed by atoms with Gasteiger partial charge in [-0.25, -0.2) is 9.97 Å². The Morgan fingerprint density at radius 1 is 1.28 bits per heavy atom. The Labute approximate surface area is 105 Å². The van der Waals surface area contributed by atoms with Crippen LogP contribution in [0.2, 0.25) is 0 Å². The summed E-state index contributed by atoms with van der Waals surface area (Å²) >= 11 is 0. The number of hydrogen-bond acceptors (Lipinski definition) is 6. The molecule has 0 spiro atoms. The van der Waals surface area contributed by atoms with Gasteiger partial charge in [-0.2, -0.15) is 0 Å². The highest BCUT2D eigenvalue weighted by molar-refractivity contribution is 5.84. The second kappa shape index (κ2) is 5.24. The van der Waals surface area contributed by atoms with Crippen LogP contribution in [0, 0.1) is 0 Å². The normalized spacial score (nSPS) is 19.9. The summed E-state index contributed by atoms with van der Waals surface area (Å²) in [6, 6.07) is 1.85. The molecule has 2 aromatic heterocycles. The lowest BCUT2D eigenvalue weighted by atomic mass is 10.3. The first-order chi connectivity index (χ1) is 8.93. The molecule has 1 aliphatic rings. The molecule has 0 radical (unpaired) electrons. The molecular formula is C12H15N5O. The predicted octanol–water partition coefficient (Wildman–Crippen LogP) is 0.425. The molecule has 1 fully saturated rings. The molecular weight excluding hydrogens is 230 g/mol. The number of nitrogens with one attached hydrogen (secondary N) is 2. The molecule has 2 aromatic rings. The average molecular weight is 245 g/mol. The van der Waals surface area contributed by atoms with Crippen molar-refractivity contribution in [2.45, 2.75) is 6.10 Å². The van der Waals surface area contributed by atoms with Gasteiger partial charge in [0.15, 0.2) is 5.82 Å². The lowest BCUT2D eigenvalue weighted by Gasteiger charge is -2.24. The molecule has 0 saturated carbocycles. The molecule has 2 N–H and O–H groups in total. The van der Waals surface area contributed by atoms with Crippen LogP contribution in [0.5, 0.6) is 0 Å². The highest BCUT2D eigenvalue weighted by atomic mass is 16.5.